The van der Waals surface area contributed by atoms with Crippen LogP contribution in [0.4, 0.5) is 11.6 Å². The quantitative estimate of drug-likeness (QED) is 0.113. The molecule has 24 heteroatoms. The predicted octanol–water partition coefficient (Wildman–Crippen LogP) is -0.581. The minimum Gasteiger partial charge on any atom is -0.387 e. The number of thiol groups is 1. The van der Waals surface area contributed by atoms with Gasteiger partial charge in [0.2, 0.25) is 0 Å². The lowest BCUT2D eigenvalue weighted by molar-refractivity contribution is -0.0594. The Labute approximate surface area is 256 Å². The van der Waals surface area contributed by atoms with E-state index in [9.17, 15) is 19.7 Å². The molecule has 3 aliphatic heterocycles. The molecule has 4 aromatic heterocycles. The van der Waals surface area contributed by atoms with E-state index in [1.165, 1.54) is 34.4 Å². The molecule has 0 amide bonds. The molecular formula is C20H24N10O10P2S2. The number of imidazole rings is 2. The maximum Gasteiger partial charge on any atom is 0.386 e. The average molecular weight is 691 g/mol. The van der Waals surface area contributed by atoms with E-state index in [0.717, 1.165) is 0 Å². The number of ether oxygens (including phenoxy) is 2. The largest absolute Gasteiger partial charge is 0.387 e. The number of aromatic nitrogens is 8. The molecule has 0 saturated carbocycles. The van der Waals surface area contributed by atoms with Crippen LogP contribution in [0.25, 0.3) is 22.3 Å². The molecular weight excluding hydrogens is 666 g/mol. The summed E-state index contributed by atoms with van der Waals surface area (Å²) in [5.41, 5.74) is 12.8. The molecule has 7 N–H and O–H groups in total. The van der Waals surface area contributed by atoms with E-state index in [2.05, 4.69) is 42.2 Å². The van der Waals surface area contributed by atoms with Crippen LogP contribution < -0.4 is 11.5 Å². The van der Waals surface area contributed by atoms with Crippen molar-refractivity contribution in [1.82, 2.24) is 39.0 Å². The van der Waals surface area contributed by atoms with Crippen molar-refractivity contribution in [3.8, 4) is 0 Å². The first-order chi connectivity index (χ1) is 20.9. The summed E-state index contributed by atoms with van der Waals surface area (Å²) >= 11 is 9.35. The Morgan fingerprint density at radius 1 is 0.818 bits per heavy atom. The number of aliphatic hydroxyl groups is 2. The third kappa shape index (κ3) is 5.28. The molecule has 0 radical (unpaired) electrons. The van der Waals surface area contributed by atoms with E-state index in [0.29, 0.717) is 0 Å². The van der Waals surface area contributed by atoms with Crippen LogP contribution in [0.2, 0.25) is 0 Å². The number of fused-ring (bicyclic) bond motifs is 5. The van der Waals surface area contributed by atoms with Crippen molar-refractivity contribution in [3.05, 3.63) is 25.3 Å². The van der Waals surface area contributed by atoms with E-state index in [-0.39, 0.29) is 34.0 Å². The van der Waals surface area contributed by atoms with Gasteiger partial charge < -0.3 is 40.6 Å². The predicted molar refractivity (Wildman–Crippen MR) is 154 cm³/mol. The van der Waals surface area contributed by atoms with Gasteiger partial charge in [0.15, 0.2) is 35.4 Å². The lowest BCUT2D eigenvalue weighted by atomic mass is 10.1. The van der Waals surface area contributed by atoms with Gasteiger partial charge >= 0.3 is 13.5 Å². The number of nitrogens with two attached hydrogens (primary N) is 2. The molecule has 20 nitrogen and oxygen atoms in total. The summed E-state index contributed by atoms with van der Waals surface area (Å²) in [6.07, 6.45) is -5.39. The molecule has 0 aliphatic carbocycles. The number of hydrogen-bond donors (Lipinski definition) is 6. The number of hydrogen-bond acceptors (Lipinski definition) is 18. The van der Waals surface area contributed by atoms with Crippen LogP contribution in [-0.2, 0) is 43.9 Å². The molecule has 2 bridgehead atoms. The van der Waals surface area contributed by atoms with E-state index in [1.807, 2.05) is 0 Å². The van der Waals surface area contributed by atoms with Crippen LogP contribution in [0.1, 0.15) is 12.5 Å². The highest BCUT2D eigenvalue weighted by Gasteiger charge is 2.53. The molecule has 3 aliphatic rings. The molecule has 0 spiro atoms. The molecule has 236 valence electrons. The van der Waals surface area contributed by atoms with E-state index < -0.39 is 75.8 Å². The average Bonchev–Trinajstić information content (AvgIpc) is 3.73. The van der Waals surface area contributed by atoms with Crippen molar-refractivity contribution in [3.63, 3.8) is 0 Å². The molecule has 0 aromatic carbocycles. The zero-order valence-corrected chi connectivity index (χ0v) is 25.5. The van der Waals surface area contributed by atoms with E-state index in [1.54, 1.807) is 0 Å². The van der Waals surface area contributed by atoms with Gasteiger partial charge in [0, 0.05) is 0 Å². The van der Waals surface area contributed by atoms with E-state index in [4.69, 9.17) is 50.8 Å². The van der Waals surface area contributed by atoms with Gasteiger partial charge in [-0.05, 0) is 11.8 Å². The summed E-state index contributed by atoms with van der Waals surface area (Å²) < 4.78 is 50.7. The second-order valence-corrected chi connectivity index (χ2v) is 15.6. The first-order valence-corrected chi connectivity index (χ1v) is 18.1. The molecule has 7 heterocycles. The van der Waals surface area contributed by atoms with Crippen molar-refractivity contribution >= 4 is 71.5 Å². The monoisotopic (exact) mass is 690 g/mol. The fourth-order valence-corrected chi connectivity index (χ4v) is 8.13. The van der Waals surface area contributed by atoms with Gasteiger partial charge in [-0.2, -0.15) is 0 Å². The third-order valence-electron chi connectivity index (χ3n) is 7.26. The van der Waals surface area contributed by atoms with Crippen molar-refractivity contribution < 1.29 is 47.2 Å². The minimum atomic E-state index is -4.27. The van der Waals surface area contributed by atoms with E-state index >= 15 is 0 Å². The van der Waals surface area contributed by atoms with Gasteiger partial charge in [0.05, 0.1) is 25.9 Å². The van der Waals surface area contributed by atoms with Crippen LogP contribution >= 0.6 is 25.8 Å². The maximum absolute atomic E-state index is 13.4. The van der Waals surface area contributed by atoms with Gasteiger partial charge in [-0.3, -0.25) is 22.7 Å². The molecule has 44 heavy (non-hydrogen) atoms. The summed E-state index contributed by atoms with van der Waals surface area (Å²) in [5.74, 6) is 0.202. The SMILES string of the molecule is Nc1ncnc2c1ncn2[C@@H]1O[C@@H]2COP(O)(=S)OC3C(O)[C@@H](COP(=O)(S)OC2C1O)O[C@H]3n1cnc2c(N)ncnc21. The molecule has 10 atom stereocenters. The summed E-state index contributed by atoms with van der Waals surface area (Å²) in [6, 6.07) is 0. The van der Waals surface area contributed by atoms with Crippen LogP contribution in [0.3, 0.4) is 0 Å². The Hall–Kier alpha value is -2.43. The fourth-order valence-electron chi connectivity index (χ4n) is 5.22. The zero-order chi connectivity index (χ0) is 31.0. The van der Waals surface area contributed by atoms with Crippen LogP contribution in [0, 0.1) is 0 Å². The van der Waals surface area contributed by atoms with Crippen molar-refractivity contribution in [1.29, 1.82) is 0 Å². The van der Waals surface area contributed by atoms with Gasteiger partial charge in [0.25, 0.3) is 0 Å². The van der Waals surface area contributed by atoms with Crippen LogP contribution in [0.15, 0.2) is 25.3 Å². The topological polar surface area (TPSA) is 272 Å². The van der Waals surface area contributed by atoms with Gasteiger partial charge in [-0.1, -0.05) is 12.2 Å². The second kappa shape index (κ2) is 11.1. The van der Waals surface area contributed by atoms with Crippen molar-refractivity contribution in [2.75, 3.05) is 24.7 Å². The molecule has 7 rings (SSSR count). The Bertz CT molecular complexity index is 1830. The molecule has 3 fully saturated rings. The van der Waals surface area contributed by atoms with Crippen molar-refractivity contribution in [2.24, 2.45) is 0 Å². The molecule has 3 saturated heterocycles. The third-order valence-corrected chi connectivity index (χ3v) is 10.4. The first kappa shape index (κ1) is 30.2. The summed E-state index contributed by atoms with van der Waals surface area (Å²) in [6.45, 7) is -9.48. The van der Waals surface area contributed by atoms with Gasteiger partial charge in [-0.15, -0.1) is 0 Å². The fraction of sp³-hybridized carbons (Fsp3) is 0.500. The molecule has 4 aromatic rings. The Morgan fingerprint density at radius 3 is 2.02 bits per heavy atom. The Morgan fingerprint density at radius 2 is 1.39 bits per heavy atom. The first-order valence-electron chi connectivity index (χ1n) is 12.8. The highest BCUT2D eigenvalue weighted by molar-refractivity contribution is 8.44. The minimum absolute atomic E-state index is 0.0989. The number of rotatable bonds is 2. The van der Waals surface area contributed by atoms with Crippen molar-refractivity contribution in [2.45, 2.75) is 49.1 Å². The number of aliphatic hydroxyl groups excluding tert-OH is 2. The van der Waals surface area contributed by atoms with Gasteiger partial charge in [0.1, 0.15) is 60.3 Å². The Kier molecular flexibility index (Phi) is 7.64. The second-order valence-electron chi connectivity index (χ2n) is 9.95. The lowest BCUT2D eigenvalue weighted by Gasteiger charge is -2.27. The summed E-state index contributed by atoms with van der Waals surface area (Å²) in [4.78, 5) is 35.6. The normalized spacial score (nSPS) is 38.3. The number of nitrogens with zero attached hydrogens (tertiary/aromatic N) is 8. The highest BCUT2D eigenvalue weighted by Crippen LogP contribution is 2.58. The standard InChI is InChI=1S/C20H24N10O10P2S2/c21-15-9-17(25-3-23-15)29(5-27-9)19-12(32)13-8(38-19)2-36-42(34,44)40-14-11(31)7(1-35-41(33,43)39-13)37-20(14)30-6-28-10-16(22)24-4-26-18(10)30/h3-8,11-14,19-20,31-32H,1-2H2,(H,33,43)(H,34,44)(H2,21,23,25)(H2,22,24,26)/t7-,8-,11?,12?,13?,14?,19-,20-,41?,42?/m1/s1. The maximum atomic E-state index is 13.4. The number of anilines is 2. The summed E-state index contributed by atoms with van der Waals surface area (Å²) in [7, 11) is 0. The van der Waals surface area contributed by atoms with Gasteiger partial charge in [-0.25, -0.2) is 34.5 Å². The molecule has 6 unspecified atom stereocenters. The van der Waals surface area contributed by atoms with Crippen LogP contribution in [0.5, 0.6) is 0 Å². The highest BCUT2D eigenvalue weighted by atomic mass is 32.7. The summed E-state index contributed by atoms with van der Waals surface area (Å²) in [5, 5.41) is 22.4. The lowest BCUT2D eigenvalue weighted by Crippen LogP contribution is -2.36. The smallest absolute Gasteiger partial charge is 0.386 e. The zero-order valence-electron chi connectivity index (χ0n) is 22.0. The number of nitrogen functional groups attached to an aromatic ring is 2. The Balaban J connectivity index is 1.20. The van der Waals surface area contributed by atoms with Crippen LogP contribution in [-0.4, -0.2) is 104 Å².